The molecule has 2 N–H and O–H groups in total. The van der Waals surface area contributed by atoms with E-state index in [2.05, 4.69) is 15.3 Å². The highest BCUT2D eigenvalue weighted by atomic mass is 19.1. The van der Waals surface area contributed by atoms with Crippen LogP contribution in [0, 0.1) is 5.82 Å². The summed E-state index contributed by atoms with van der Waals surface area (Å²) in [6, 6.07) is 0. The van der Waals surface area contributed by atoms with Gasteiger partial charge >= 0.3 is 0 Å². The second-order valence-corrected chi connectivity index (χ2v) is 3.92. The summed E-state index contributed by atoms with van der Waals surface area (Å²) < 4.78 is 17.7. The number of anilines is 1. The lowest BCUT2D eigenvalue weighted by molar-refractivity contribution is -0.0544. The zero-order valence-electron chi connectivity index (χ0n) is 8.82. The van der Waals surface area contributed by atoms with Gasteiger partial charge < -0.3 is 15.2 Å². The molecule has 2 heterocycles. The lowest BCUT2D eigenvalue weighted by atomic mass is 9.94. The molecule has 0 aliphatic carbocycles. The van der Waals surface area contributed by atoms with E-state index >= 15 is 0 Å². The van der Waals surface area contributed by atoms with Crippen LogP contribution in [0.4, 0.5) is 10.3 Å². The van der Waals surface area contributed by atoms with Crippen molar-refractivity contribution in [2.45, 2.75) is 18.4 Å². The van der Waals surface area contributed by atoms with Gasteiger partial charge in [-0.05, 0) is 0 Å². The molecule has 0 unspecified atom stereocenters. The molecule has 1 aromatic heterocycles. The summed E-state index contributed by atoms with van der Waals surface area (Å²) in [5.41, 5.74) is -0.782. The molecular weight excluding hydrogens is 213 g/mol. The first-order chi connectivity index (χ1) is 7.68. The number of hydrogen-bond acceptors (Lipinski definition) is 5. The first-order valence-electron chi connectivity index (χ1n) is 5.20. The second kappa shape index (κ2) is 4.71. The van der Waals surface area contributed by atoms with Crippen LogP contribution in [-0.4, -0.2) is 40.4 Å². The predicted octanol–water partition coefficient (Wildman–Crippen LogP) is 0.569. The van der Waals surface area contributed by atoms with Gasteiger partial charge in [-0.25, -0.2) is 14.4 Å². The lowest BCUT2D eigenvalue weighted by Crippen LogP contribution is -2.42. The van der Waals surface area contributed by atoms with Crippen molar-refractivity contribution in [1.29, 1.82) is 0 Å². The van der Waals surface area contributed by atoms with Gasteiger partial charge in [-0.3, -0.25) is 0 Å². The van der Waals surface area contributed by atoms with Crippen LogP contribution in [0.1, 0.15) is 12.8 Å². The van der Waals surface area contributed by atoms with Gasteiger partial charge in [0.2, 0.25) is 5.95 Å². The molecule has 0 bridgehead atoms. The van der Waals surface area contributed by atoms with Gasteiger partial charge in [-0.15, -0.1) is 0 Å². The molecule has 0 amide bonds. The molecule has 88 valence electrons. The Morgan fingerprint density at radius 1 is 1.38 bits per heavy atom. The quantitative estimate of drug-likeness (QED) is 0.790. The van der Waals surface area contributed by atoms with E-state index in [1.54, 1.807) is 0 Å². The summed E-state index contributed by atoms with van der Waals surface area (Å²) in [6.45, 7) is 1.47. The van der Waals surface area contributed by atoms with Crippen LogP contribution in [0.25, 0.3) is 0 Å². The Morgan fingerprint density at radius 2 is 2.00 bits per heavy atom. The van der Waals surface area contributed by atoms with E-state index in [1.807, 2.05) is 0 Å². The van der Waals surface area contributed by atoms with E-state index in [1.165, 1.54) is 0 Å². The first kappa shape index (κ1) is 11.2. The third-order valence-corrected chi connectivity index (χ3v) is 2.62. The first-order valence-corrected chi connectivity index (χ1v) is 5.20. The fourth-order valence-electron chi connectivity index (χ4n) is 1.58. The summed E-state index contributed by atoms with van der Waals surface area (Å²) in [4.78, 5) is 7.51. The van der Waals surface area contributed by atoms with Crippen molar-refractivity contribution in [1.82, 2.24) is 9.97 Å². The van der Waals surface area contributed by atoms with Gasteiger partial charge in [0.1, 0.15) is 0 Å². The standard InChI is InChI=1S/C10H14FN3O2/c11-8-5-12-9(13-6-8)14-7-10(15)1-3-16-4-2-10/h5-6,15H,1-4,7H2,(H,12,13,14). The maximum atomic E-state index is 12.5. The van der Waals surface area contributed by atoms with Crippen LogP contribution in [-0.2, 0) is 4.74 Å². The number of aromatic nitrogens is 2. The average molecular weight is 227 g/mol. The number of aliphatic hydroxyl groups is 1. The Bertz CT molecular complexity index is 338. The van der Waals surface area contributed by atoms with Crippen molar-refractivity contribution in [3.05, 3.63) is 18.2 Å². The van der Waals surface area contributed by atoms with E-state index in [4.69, 9.17) is 4.74 Å². The van der Waals surface area contributed by atoms with Gasteiger partial charge in [0.05, 0.1) is 18.0 Å². The number of halogens is 1. The highest BCUT2D eigenvalue weighted by molar-refractivity contribution is 5.23. The normalized spacial score (nSPS) is 19.4. The van der Waals surface area contributed by atoms with E-state index in [0.29, 0.717) is 38.5 Å². The molecule has 0 spiro atoms. The van der Waals surface area contributed by atoms with Gasteiger partial charge in [-0.1, -0.05) is 0 Å². The molecule has 6 heteroatoms. The van der Waals surface area contributed by atoms with Crippen molar-refractivity contribution in [2.75, 3.05) is 25.1 Å². The third kappa shape index (κ3) is 2.86. The van der Waals surface area contributed by atoms with Crippen LogP contribution in [0.5, 0.6) is 0 Å². The number of rotatable bonds is 3. The smallest absolute Gasteiger partial charge is 0.222 e. The lowest BCUT2D eigenvalue weighted by Gasteiger charge is -2.31. The van der Waals surface area contributed by atoms with Crippen molar-refractivity contribution >= 4 is 5.95 Å². The fraction of sp³-hybridized carbons (Fsp3) is 0.600. The molecule has 0 atom stereocenters. The third-order valence-electron chi connectivity index (χ3n) is 2.62. The highest BCUT2D eigenvalue weighted by Crippen LogP contribution is 2.20. The summed E-state index contributed by atoms with van der Waals surface area (Å²) in [6.07, 6.45) is 3.34. The molecule has 5 nitrogen and oxygen atoms in total. The summed E-state index contributed by atoms with van der Waals surface area (Å²) in [7, 11) is 0. The molecule has 1 aliphatic rings. The molecule has 1 aromatic rings. The zero-order valence-corrected chi connectivity index (χ0v) is 8.82. The topological polar surface area (TPSA) is 67.3 Å². The SMILES string of the molecule is OC1(CNc2ncc(F)cn2)CCOCC1. The number of nitrogens with one attached hydrogen (secondary N) is 1. The molecular formula is C10H14FN3O2. The summed E-state index contributed by atoms with van der Waals surface area (Å²) in [5, 5.41) is 13.0. The second-order valence-electron chi connectivity index (χ2n) is 3.92. The van der Waals surface area contributed by atoms with E-state index in [-0.39, 0.29) is 0 Å². The maximum absolute atomic E-state index is 12.5. The fourth-order valence-corrected chi connectivity index (χ4v) is 1.58. The Morgan fingerprint density at radius 3 is 2.62 bits per heavy atom. The van der Waals surface area contributed by atoms with Crippen LogP contribution >= 0.6 is 0 Å². The van der Waals surface area contributed by atoms with Crippen LogP contribution in [0.15, 0.2) is 12.4 Å². The molecule has 1 saturated heterocycles. The van der Waals surface area contributed by atoms with Crippen molar-refractivity contribution in [2.24, 2.45) is 0 Å². The minimum absolute atomic E-state index is 0.321. The number of nitrogens with zero attached hydrogens (tertiary/aromatic N) is 2. The van der Waals surface area contributed by atoms with Crippen LogP contribution in [0.3, 0.4) is 0 Å². The Hall–Kier alpha value is -1.27. The monoisotopic (exact) mass is 227 g/mol. The van der Waals surface area contributed by atoms with Gasteiger partial charge in [0.25, 0.3) is 0 Å². The van der Waals surface area contributed by atoms with E-state index in [0.717, 1.165) is 12.4 Å². The molecule has 2 rings (SSSR count). The molecule has 0 aromatic carbocycles. The predicted molar refractivity (Wildman–Crippen MR) is 55.5 cm³/mol. The van der Waals surface area contributed by atoms with Crippen LogP contribution < -0.4 is 5.32 Å². The maximum Gasteiger partial charge on any atom is 0.222 e. The van der Waals surface area contributed by atoms with Gasteiger partial charge in [-0.2, -0.15) is 0 Å². The van der Waals surface area contributed by atoms with Crippen molar-refractivity contribution in [3.63, 3.8) is 0 Å². The van der Waals surface area contributed by atoms with E-state index < -0.39 is 11.4 Å². The molecule has 1 fully saturated rings. The Kier molecular flexibility index (Phi) is 3.31. The average Bonchev–Trinajstić information content (AvgIpc) is 2.29. The van der Waals surface area contributed by atoms with Gasteiger partial charge in [0, 0.05) is 32.6 Å². The summed E-state index contributed by atoms with van der Waals surface area (Å²) in [5.74, 6) is -0.156. The van der Waals surface area contributed by atoms with Crippen molar-refractivity contribution < 1.29 is 14.2 Å². The Labute approximate surface area is 92.7 Å². The zero-order chi connectivity index (χ0) is 11.4. The number of ether oxygens (including phenoxy) is 1. The minimum Gasteiger partial charge on any atom is -0.388 e. The molecule has 0 saturated carbocycles. The van der Waals surface area contributed by atoms with Crippen LogP contribution in [0.2, 0.25) is 0 Å². The Balaban J connectivity index is 1.88. The summed E-state index contributed by atoms with van der Waals surface area (Å²) >= 11 is 0. The van der Waals surface area contributed by atoms with E-state index in [9.17, 15) is 9.50 Å². The van der Waals surface area contributed by atoms with Crippen molar-refractivity contribution in [3.8, 4) is 0 Å². The highest BCUT2D eigenvalue weighted by Gasteiger charge is 2.29. The molecule has 16 heavy (non-hydrogen) atoms. The molecule has 1 aliphatic heterocycles. The number of hydrogen-bond donors (Lipinski definition) is 2. The van der Waals surface area contributed by atoms with Gasteiger partial charge in [0.15, 0.2) is 5.82 Å². The largest absolute Gasteiger partial charge is 0.388 e. The minimum atomic E-state index is -0.782. The molecule has 0 radical (unpaired) electrons.